The van der Waals surface area contributed by atoms with Gasteiger partial charge >= 0.3 is 0 Å². The lowest BCUT2D eigenvalue weighted by Gasteiger charge is -2.28. The Labute approximate surface area is 191 Å². The first-order valence-corrected chi connectivity index (χ1v) is 11.4. The molecule has 2 fully saturated rings. The van der Waals surface area contributed by atoms with E-state index < -0.39 is 0 Å². The van der Waals surface area contributed by atoms with Crippen LogP contribution in [0.5, 0.6) is 0 Å². The standard InChI is InChI=1S/C22H27N9O2/c23-11-18-19(13-31(28-18)16-3-1-15(14-32)2-4-16)26-22(33)17-12-25-30-8-5-20(27-21(17)30)29-9-6-24-7-10-29/h5,8,12-13,15-16,24,32H,1-4,6-7,9-10,14H2,(H,26,33). The Morgan fingerprint density at radius 3 is 2.79 bits per heavy atom. The van der Waals surface area contributed by atoms with Gasteiger partial charge in [0.15, 0.2) is 11.3 Å². The second kappa shape index (κ2) is 9.17. The van der Waals surface area contributed by atoms with Crippen molar-refractivity contribution in [3.05, 3.63) is 35.9 Å². The molecule has 3 N–H and O–H groups in total. The van der Waals surface area contributed by atoms with Gasteiger partial charge in [0.1, 0.15) is 17.5 Å². The van der Waals surface area contributed by atoms with Crippen LogP contribution in [0.25, 0.3) is 5.65 Å². The summed E-state index contributed by atoms with van der Waals surface area (Å²) in [6.07, 6.45) is 8.65. The quantitative estimate of drug-likeness (QED) is 0.528. The normalized spacial score (nSPS) is 21.2. The maximum atomic E-state index is 13.1. The molecule has 1 aliphatic carbocycles. The molecule has 0 bridgehead atoms. The minimum absolute atomic E-state index is 0.158. The van der Waals surface area contributed by atoms with E-state index in [4.69, 9.17) is 0 Å². The number of amides is 1. The van der Waals surface area contributed by atoms with Crippen LogP contribution in [0.4, 0.5) is 11.5 Å². The predicted octanol–water partition coefficient (Wildman–Crippen LogP) is 1.18. The van der Waals surface area contributed by atoms with Crippen molar-refractivity contribution in [3.63, 3.8) is 0 Å². The number of anilines is 2. The van der Waals surface area contributed by atoms with Gasteiger partial charge in [-0.05, 0) is 37.7 Å². The minimum atomic E-state index is -0.380. The molecule has 1 saturated carbocycles. The highest BCUT2D eigenvalue weighted by Crippen LogP contribution is 2.32. The predicted molar refractivity (Wildman–Crippen MR) is 121 cm³/mol. The highest BCUT2D eigenvalue weighted by molar-refractivity contribution is 6.08. The van der Waals surface area contributed by atoms with E-state index >= 15 is 0 Å². The topological polar surface area (TPSA) is 136 Å². The number of rotatable bonds is 5. The molecule has 1 amide bonds. The van der Waals surface area contributed by atoms with E-state index in [1.807, 2.05) is 6.07 Å². The molecule has 172 valence electrons. The Morgan fingerprint density at radius 1 is 1.27 bits per heavy atom. The zero-order valence-corrected chi connectivity index (χ0v) is 18.3. The molecule has 0 spiro atoms. The number of hydrogen-bond acceptors (Lipinski definition) is 8. The van der Waals surface area contributed by atoms with Gasteiger partial charge in [-0.1, -0.05) is 0 Å². The summed E-state index contributed by atoms with van der Waals surface area (Å²) in [5.41, 5.74) is 1.37. The fraction of sp³-hybridized carbons (Fsp3) is 0.500. The molecule has 3 aromatic rings. The molecule has 11 nitrogen and oxygen atoms in total. The lowest BCUT2D eigenvalue weighted by molar-refractivity contribution is 0.102. The fourth-order valence-electron chi connectivity index (χ4n) is 4.62. The van der Waals surface area contributed by atoms with Gasteiger partial charge < -0.3 is 20.6 Å². The number of aromatic nitrogens is 5. The molecule has 3 aromatic heterocycles. The Morgan fingerprint density at radius 2 is 2.06 bits per heavy atom. The van der Waals surface area contributed by atoms with Crippen molar-refractivity contribution < 1.29 is 9.90 Å². The number of aliphatic hydroxyl groups excluding tert-OH is 1. The summed E-state index contributed by atoms with van der Waals surface area (Å²) in [6.45, 7) is 3.69. The zero-order chi connectivity index (χ0) is 22.8. The van der Waals surface area contributed by atoms with Crippen LogP contribution in [0.3, 0.4) is 0 Å². The van der Waals surface area contributed by atoms with Crippen molar-refractivity contribution in [1.82, 2.24) is 29.7 Å². The van der Waals surface area contributed by atoms with E-state index in [1.54, 1.807) is 21.6 Å². The second-order valence-corrected chi connectivity index (χ2v) is 8.64. The number of carbonyl (C=O) groups excluding carboxylic acids is 1. The van der Waals surface area contributed by atoms with E-state index in [-0.39, 0.29) is 24.2 Å². The first kappa shape index (κ1) is 21.4. The van der Waals surface area contributed by atoms with Gasteiger partial charge in [0.2, 0.25) is 0 Å². The molecule has 11 heteroatoms. The van der Waals surface area contributed by atoms with Crippen LogP contribution in [0.15, 0.2) is 24.7 Å². The fourth-order valence-corrected chi connectivity index (χ4v) is 4.62. The maximum absolute atomic E-state index is 13.1. The van der Waals surface area contributed by atoms with Crippen molar-refractivity contribution in [2.24, 2.45) is 5.92 Å². The Kier molecular flexibility index (Phi) is 5.93. The Bertz CT molecular complexity index is 1180. The molecular weight excluding hydrogens is 422 g/mol. The van der Waals surface area contributed by atoms with Gasteiger partial charge in [0.05, 0.1) is 24.1 Å². The molecule has 0 radical (unpaired) electrons. The molecule has 5 rings (SSSR count). The molecule has 2 aliphatic rings. The smallest absolute Gasteiger partial charge is 0.261 e. The van der Waals surface area contributed by atoms with Gasteiger partial charge in [-0.3, -0.25) is 9.48 Å². The van der Waals surface area contributed by atoms with Crippen LogP contribution in [-0.4, -0.2) is 68.2 Å². The summed E-state index contributed by atoms with van der Waals surface area (Å²) in [4.78, 5) is 20.0. The third-order valence-corrected chi connectivity index (χ3v) is 6.57. The number of nitrogens with zero attached hydrogens (tertiary/aromatic N) is 7. The summed E-state index contributed by atoms with van der Waals surface area (Å²) in [6, 6.07) is 4.14. The average molecular weight is 450 g/mol. The van der Waals surface area contributed by atoms with E-state index in [1.165, 1.54) is 6.20 Å². The number of nitrogens with one attached hydrogen (secondary N) is 2. The summed E-state index contributed by atoms with van der Waals surface area (Å²) in [5, 5.41) is 33.7. The van der Waals surface area contributed by atoms with Gasteiger partial charge in [0.25, 0.3) is 5.91 Å². The van der Waals surface area contributed by atoms with Gasteiger partial charge in [-0.2, -0.15) is 15.5 Å². The second-order valence-electron chi connectivity index (χ2n) is 8.64. The zero-order valence-electron chi connectivity index (χ0n) is 18.3. The summed E-state index contributed by atoms with van der Waals surface area (Å²) >= 11 is 0. The maximum Gasteiger partial charge on any atom is 0.261 e. The molecule has 1 aliphatic heterocycles. The van der Waals surface area contributed by atoms with Crippen LogP contribution < -0.4 is 15.5 Å². The first-order valence-electron chi connectivity index (χ1n) is 11.4. The third-order valence-electron chi connectivity index (χ3n) is 6.57. The van der Waals surface area contributed by atoms with Gasteiger partial charge in [-0.15, -0.1) is 0 Å². The molecule has 33 heavy (non-hydrogen) atoms. The minimum Gasteiger partial charge on any atom is -0.396 e. The molecule has 1 saturated heterocycles. The molecule has 0 atom stereocenters. The van der Waals surface area contributed by atoms with Crippen molar-refractivity contribution in [3.8, 4) is 6.07 Å². The van der Waals surface area contributed by atoms with E-state index in [9.17, 15) is 15.2 Å². The lowest BCUT2D eigenvalue weighted by Crippen LogP contribution is -2.43. The number of hydrogen-bond donors (Lipinski definition) is 3. The number of piperazine rings is 1. The van der Waals surface area contributed by atoms with Crippen LogP contribution in [0.1, 0.15) is 47.8 Å². The molecule has 0 aromatic carbocycles. The number of fused-ring (bicyclic) bond motifs is 1. The molecular formula is C22H27N9O2. The highest BCUT2D eigenvalue weighted by Gasteiger charge is 2.25. The van der Waals surface area contributed by atoms with Crippen LogP contribution in [0, 0.1) is 17.2 Å². The highest BCUT2D eigenvalue weighted by atomic mass is 16.3. The van der Waals surface area contributed by atoms with E-state index in [0.717, 1.165) is 57.7 Å². The number of aliphatic hydroxyl groups is 1. The Balaban J connectivity index is 1.36. The summed E-state index contributed by atoms with van der Waals surface area (Å²) in [7, 11) is 0. The molecule has 4 heterocycles. The number of carbonyl (C=O) groups is 1. The average Bonchev–Trinajstić information content (AvgIpc) is 3.48. The Hall–Kier alpha value is -3.49. The van der Waals surface area contributed by atoms with E-state index in [2.05, 4.69) is 36.8 Å². The van der Waals surface area contributed by atoms with Crippen molar-refractivity contribution in [1.29, 1.82) is 5.26 Å². The van der Waals surface area contributed by atoms with Crippen molar-refractivity contribution in [2.45, 2.75) is 31.7 Å². The SMILES string of the molecule is N#Cc1nn(C2CCC(CO)CC2)cc1NC(=O)c1cnn2ccc(N3CCNCC3)nc12. The summed E-state index contributed by atoms with van der Waals surface area (Å²) in [5.74, 6) is 0.762. The first-order chi connectivity index (χ1) is 16.2. The molecule has 0 unspecified atom stereocenters. The van der Waals surface area contributed by atoms with Crippen LogP contribution in [-0.2, 0) is 0 Å². The lowest BCUT2D eigenvalue weighted by atomic mass is 9.87. The summed E-state index contributed by atoms with van der Waals surface area (Å²) < 4.78 is 3.35. The van der Waals surface area contributed by atoms with Crippen molar-refractivity contribution >= 4 is 23.1 Å². The van der Waals surface area contributed by atoms with Crippen LogP contribution in [0.2, 0.25) is 0 Å². The van der Waals surface area contributed by atoms with E-state index in [0.29, 0.717) is 22.8 Å². The largest absolute Gasteiger partial charge is 0.396 e. The van der Waals surface area contributed by atoms with Crippen LogP contribution >= 0.6 is 0 Å². The van der Waals surface area contributed by atoms with Gasteiger partial charge in [-0.25, -0.2) is 9.50 Å². The number of nitriles is 1. The monoisotopic (exact) mass is 449 g/mol. The third kappa shape index (κ3) is 4.27. The van der Waals surface area contributed by atoms with Gasteiger partial charge in [0, 0.05) is 39.0 Å². The van der Waals surface area contributed by atoms with Crippen molar-refractivity contribution in [2.75, 3.05) is 43.0 Å².